The van der Waals surface area contributed by atoms with E-state index in [1.807, 2.05) is 0 Å². The van der Waals surface area contributed by atoms with Crippen molar-refractivity contribution in [3.8, 4) is 17.6 Å². The zero-order valence-electron chi connectivity index (χ0n) is 16.5. The summed E-state index contributed by atoms with van der Waals surface area (Å²) in [6.45, 7) is -0.845. The van der Waals surface area contributed by atoms with Crippen LogP contribution < -0.4 is 10.9 Å². The van der Waals surface area contributed by atoms with Gasteiger partial charge in [0.25, 0.3) is 12.0 Å². The molecule has 0 bridgehead atoms. The van der Waals surface area contributed by atoms with E-state index >= 15 is 0 Å². The monoisotopic (exact) mass is 427 g/mol. The van der Waals surface area contributed by atoms with E-state index in [1.54, 1.807) is 48.4 Å². The highest BCUT2D eigenvalue weighted by Crippen LogP contribution is 2.24. The molecule has 3 rings (SSSR count). The van der Waals surface area contributed by atoms with Crippen LogP contribution in [0.5, 0.6) is 5.75 Å². The van der Waals surface area contributed by atoms with Crippen molar-refractivity contribution in [2.45, 2.75) is 18.8 Å². The lowest BCUT2D eigenvalue weighted by Gasteiger charge is -2.17. The highest BCUT2D eigenvalue weighted by Gasteiger charge is 2.27. The molecule has 3 N–H and O–H groups in total. The number of aromatic nitrogens is 4. The van der Waals surface area contributed by atoms with Crippen molar-refractivity contribution in [1.29, 1.82) is 0 Å². The van der Waals surface area contributed by atoms with Gasteiger partial charge < -0.3 is 15.4 Å². The maximum absolute atomic E-state index is 12.5. The molecule has 8 nitrogen and oxygen atoms in total. The Morgan fingerprint density at radius 2 is 1.97 bits per heavy atom. The van der Waals surface area contributed by atoms with Gasteiger partial charge in [0.05, 0.1) is 30.6 Å². The van der Waals surface area contributed by atoms with Crippen molar-refractivity contribution in [3.63, 3.8) is 0 Å². The van der Waals surface area contributed by atoms with E-state index in [0.29, 0.717) is 5.56 Å². The Labute approximate surface area is 176 Å². The molecule has 160 valence electrons. The average molecular weight is 427 g/mol. The molecule has 1 aromatic carbocycles. The van der Waals surface area contributed by atoms with Crippen LogP contribution in [0.25, 0.3) is 0 Å². The van der Waals surface area contributed by atoms with Crippen molar-refractivity contribution in [2.75, 3.05) is 6.54 Å². The number of carbonyl (C=O) groups excluding carboxylic acids is 1. The summed E-state index contributed by atoms with van der Waals surface area (Å²) in [4.78, 5) is 30.3. The quantitative estimate of drug-likeness (QED) is 0.514. The van der Waals surface area contributed by atoms with Crippen molar-refractivity contribution in [1.82, 2.24) is 25.1 Å². The molecule has 0 aliphatic rings. The van der Waals surface area contributed by atoms with E-state index in [-0.39, 0.29) is 12.1 Å². The first kappa shape index (κ1) is 21.7. The van der Waals surface area contributed by atoms with Gasteiger partial charge in [-0.1, -0.05) is 24.0 Å². The second-order valence-corrected chi connectivity index (χ2v) is 6.71. The van der Waals surface area contributed by atoms with Crippen LogP contribution in [0.2, 0.25) is 0 Å². The predicted molar refractivity (Wildman–Crippen MR) is 108 cm³/mol. The molecular weight excluding hydrogens is 408 g/mol. The number of amides is 1. The van der Waals surface area contributed by atoms with Crippen LogP contribution in [0, 0.1) is 11.8 Å². The van der Waals surface area contributed by atoms with Gasteiger partial charge in [-0.2, -0.15) is 5.10 Å². The zero-order valence-corrected chi connectivity index (χ0v) is 16.5. The molecule has 0 aliphatic carbocycles. The van der Waals surface area contributed by atoms with E-state index in [0.717, 1.165) is 17.5 Å². The summed E-state index contributed by atoms with van der Waals surface area (Å²) in [7, 11) is 1.79. The average Bonchev–Trinajstić information content (AvgIpc) is 3.17. The van der Waals surface area contributed by atoms with Gasteiger partial charge >= 0.3 is 0 Å². The number of aromatic amines is 1. The first-order valence-electron chi connectivity index (χ1n) is 9.25. The lowest BCUT2D eigenvalue weighted by atomic mass is 9.94. The molecule has 1 atom stereocenters. The number of alkyl halides is 2. The number of carbonyl (C=O) groups is 1. The fourth-order valence-electron chi connectivity index (χ4n) is 2.87. The van der Waals surface area contributed by atoms with Crippen LogP contribution in [0.4, 0.5) is 8.78 Å². The second kappa shape index (κ2) is 9.67. The Kier molecular flexibility index (Phi) is 6.77. The number of hydrogen-bond acceptors (Lipinski definition) is 5. The van der Waals surface area contributed by atoms with Crippen LogP contribution >= 0.6 is 0 Å². The van der Waals surface area contributed by atoms with Crippen molar-refractivity contribution < 1.29 is 18.7 Å². The highest BCUT2D eigenvalue weighted by molar-refractivity contribution is 5.84. The third-order valence-electron chi connectivity index (χ3n) is 4.38. The van der Waals surface area contributed by atoms with Gasteiger partial charge in [-0.3, -0.25) is 14.3 Å². The normalized spacial score (nSPS) is 11.6. The lowest BCUT2D eigenvalue weighted by Crippen LogP contribution is -2.34. The van der Waals surface area contributed by atoms with E-state index < -0.39 is 36.1 Å². The van der Waals surface area contributed by atoms with E-state index in [9.17, 15) is 23.5 Å². The van der Waals surface area contributed by atoms with Gasteiger partial charge in [0.15, 0.2) is 0 Å². The van der Waals surface area contributed by atoms with Crippen LogP contribution in [0.15, 0.2) is 47.8 Å². The van der Waals surface area contributed by atoms with Crippen LogP contribution in [0.1, 0.15) is 28.3 Å². The van der Waals surface area contributed by atoms with Gasteiger partial charge in [0.1, 0.15) is 5.69 Å². The van der Waals surface area contributed by atoms with E-state index in [2.05, 4.69) is 32.2 Å². The van der Waals surface area contributed by atoms with Crippen molar-refractivity contribution >= 4 is 5.91 Å². The Bertz CT molecular complexity index is 1180. The Hall–Kier alpha value is -4.00. The number of hydrogen-bond donors (Lipinski definition) is 3. The number of benzene rings is 1. The summed E-state index contributed by atoms with van der Waals surface area (Å²) in [5.74, 6) is 3.35. The molecule has 2 heterocycles. The standard InChI is InChI=1S/C21H19F2N5O3/c1-28-11-15(9-27-28)7-4-13-2-5-14(6-3-13)8-16(20(30)24-10-17(22)23)18-19(29)21(31)26-12-25-18/h2-3,5-6,9,11-12,16-17,29H,8,10H2,1H3,(H,24,30)(H,25,26,31). The number of rotatable bonds is 6. The zero-order chi connectivity index (χ0) is 22.4. The number of nitrogens with zero attached hydrogens (tertiary/aromatic N) is 3. The summed E-state index contributed by atoms with van der Waals surface area (Å²) >= 11 is 0. The van der Waals surface area contributed by atoms with Gasteiger partial charge in [0, 0.05) is 18.8 Å². The highest BCUT2D eigenvalue weighted by atomic mass is 19.3. The Morgan fingerprint density at radius 3 is 2.61 bits per heavy atom. The summed E-state index contributed by atoms with van der Waals surface area (Å²) in [6.07, 6.45) is 1.77. The smallest absolute Gasteiger partial charge is 0.293 e. The molecule has 31 heavy (non-hydrogen) atoms. The van der Waals surface area contributed by atoms with Crippen LogP contribution in [-0.4, -0.2) is 43.7 Å². The molecule has 0 spiro atoms. The molecule has 0 radical (unpaired) electrons. The van der Waals surface area contributed by atoms with Gasteiger partial charge in [-0.05, 0) is 24.1 Å². The van der Waals surface area contributed by atoms with Gasteiger partial charge in [0.2, 0.25) is 11.7 Å². The number of halogens is 2. The first-order chi connectivity index (χ1) is 14.8. The number of aryl methyl sites for hydroxylation is 1. The minimum atomic E-state index is -2.73. The van der Waals surface area contributed by atoms with Crippen LogP contribution in [-0.2, 0) is 18.3 Å². The molecule has 0 aliphatic heterocycles. The Morgan fingerprint density at radius 1 is 1.26 bits per heavy atom. The van der Waals surface area contributed by atoms with Gasteiger partial charge in [-0.15, -0.1) is 0 Å². The fourth-order valence-corrected chi connectivity index (χ4v) is 2.87. The Balaban J connectivity index is 1.82. The van der Waals surface area contributed by atoms with Crippen molar-refractivity contribution in [2.24, 2.45) is 7.05 Å². The summed E-state index contributed by atoms with van der Waals surface area (Å²) in [5.41, 5.74) is 1.15. The van der Waals surface area contributed by atoms with Gasteiger partial charge in [-0.25, -0.2) is 13.8 Å². The third-order valence-corrected chi connectivity index (χ3v) is 4.38. The summed E-state index contributed by atoms with van der Waals surface area (Å²) in [5, 5.41) is 16.2. The maximum atomic E-state index is 12.5. The number of aromatic hydroxyl groups is 1. The van der Waals surface area contributed by atoms with E-state index in [4.69, 9.17) is 0 Å². The molecule has 1 unspecified atom stereocenters. The molecule has 1 amide bonds. The third kappa shape index (κ3) is 5.76. The predicted octanol–water partition coefficient (Wildman–Crippen LogP) is 1.32. The number of nitrogens with one attached hydrogen (secondary N) is 2. The second-order valence-electron chi connectivity index (χ2n) is 6.71. The largest absolute Gasteiger partial charge is 0.502 e. The summed E-state index contributed by atoms with van der Waals surface area (Å²) < 4.78 is 26.7. The maximum Gasteiger partial charge on any atom is 0.293 e. The fraction of sp³-hybridized carbons (Fsp3) is 0.238. The van der Waals surface area contributed by atoms with Crippen LogP contribution in [0.3, 0.4) is 0 Å². The molecule has 3 aromatic rings. The summed E-state index contributed by atoms with van der Waals surface area (Å²) in [6, 6.07) is 6.95. The lowest BCUT2D eigenvalue weighted by molar-refractivity contribution is -0.123. The first-order valence-corrected chi connectivity index (χ1v) is 9.25. The van der Waals surface area contributed by atoms with Crippen molar-refractivity contribution in [3.05, 3.63) is 75.7 Å². The van der Waals surface area contributed by atoms with E-state index in [1.165, 1.54) is 0 Å². The SMILES string of the molecule is Cn1cc(C#Cc2ccc(CC(C(=O)NCC(F)F)c3nc[nH]c(=O)c3O)cc2)cn1. The molecule has 0 saturated heterocycles. The molecule has 0 saturated carbocycles. The molecule has 10 heteroatoms. The number of H-pyrrole nitrogens is 1. The topological polar surface area (TPSA) is 113 Å². The minimum absolute atomic E-state index is 0.0371. The molecular formula is C21H19F2N5O3. The molecule has 0 fully saturated rings. The molecule has 2 aromatic heterocycles. The minimum Gasteiger partial charge on any atom is -0.502 e.